The number of aliphatic hydroxyl groups is 1. The molecule has 1 saturated heterocycles. The van der Waals surface area contributed by atoms with Gasteiger partial charge in [0.1, 0.15) is 0 Å². The predicted octanol–water partition coefficient (Wildman–Crippen LogP) is 2.60. The fourth-order valence-corrected chi connectivity index (χ4v) is 3.24. The van der Waals surface area contributed by atoms with Crippen LogP contribution < -0.4 is 0 Å². The summed E-state index contributed by atoms with van der Waals surface area (Å²) in [5.74, 6) is -0.0184. The number of hydrogen-bond donors (Lipinski definition) is 1. The zero-order chi connectivity index (χ0) is 16.2. The molecule has 1 aliphatic rings. The van der Waals surface area contributed by atoms with Crippen LogP contribution in [0, 0.1) is 6.92 Å². The Labute approximate surface area is 136 Å². The van der Waals surface area contributed by atoms with Crippen LogP contribution in [0.15, 0.2) is 48.7 Å². The number of piperidine rings is 1. The summed E-state index contributed by atoms with van der Waals surface area (Å²) >= 11 is 0. The average Bonchev–Trinajstić information content (AvgIpc) is 2.57. The van der Waals surface area contributed by atoms with Gasteiger partial charge in [-0.25, -0.2) is 0 Å². The van der Waals surface area contributed by atoms with E-state index < -0.39 is 6.10 Å². The van der Waals surface area contributed by atoms with Gasteiger partial charge in [-0.2, -0.15) is 0 Å². The van der Waals surface area contributed by atoms with Gasteiger partial charge in [0.15, 0.2) is 0 Å². The quantitative estimate of drug-likeness (QED) is 0.948. The van der Waals surface area contributed by atoms with Gasteiger partial charge in [-0.1, -0.05) is 30.3 Å². The summed E-state index contributed by atoms with van der Waals surface area (Å²) in [6.45, 7) is 2.57. The minimum absolute atomic E-state index is 0.0184. The Hall–Kier alpha value is -2.20. The number of nitrogens with zero attached hydrogens (tertiary/aromatic N) is 2. The lowest BCUT2D eigenvalue weighted by atomic mass is 9.92. The summed E-state index contributed by atoms with van der Waals surface area (Å²) in [7, 11) is 0. The van der Waals surface area contributed by atoms with Crippen molar-refractivity contribution in [3.63, 3.8) is 0 Å². The fourth-order valence-electron chi connectivity index (χ4n) is 3.24. The standard InChI is InChI=1S/C19H22N2O2/c1-14-12-16(9-10-20-14)19(23)21-11-5-8-18(22)17(21)13-15-6-3-2-4-7-15/h2-4,6-7,9-10,12,17-18,22H,5,8,11,13H2,1H3/t17-,18-/m0/s1. The maximum Gasteiger partial charge on any atom is 0.254 e. The molecule has 1 aromatic carbocycles. The third-order valence-electron chi connectivity index (χ3n) is 4.44. The Morgan fingerprint density at radius 2 is 2.09 bits per heavy atom. The number of aliphatic hydroxyl groups excluding tert-OH is 1. The SMILES string of the molecule is Cc1cc(C(=O)N2CCC[C@H](O)[C@@H]2Cc2ccccc2)ccn1. The molecule has 0 radical (unpaired) electrons. The summed E-state index contributed by atoms with van der Waals surface area (Å²) in [6, 6.07) is 13.4. The minimum atomic E-state index is -0.476. The smallest absolute Gasteiger partial charge is 0.254 e. The molecule has 0 aliphatic carbocycles. The van der Waals surface area contributed by atoms with E-state index in [1.54, 1.807) is 12.3 Å². The zero-order valence-electron chi connectivity index (χ0n) is 13.4. The minimum Gasteiger partial charge on any atom is -0.391 e. The molecular weight excluding hydrogens is 288 g/mol. The van der Waals surface area contributed by atoms with E-state index in [0.717, 1.165) is 24.1 Å². The highest BCUT2D eigenvalue weighted by atomic mass is 16.3. The first-order chi connectivity index (χ1) is 11.1. The summed E-state index contributed by atoms with van der Waals surface area (Å²) in [4.78, 5) is 18.9. The van der Waals surface area contributed by atoms with E-state index in [1.165, 1.54) is 0 Å². The molecule has 0 spiro atoms. The van der Waals surface area contributed by atoms with Gasteiger partial charge in [0, 0.05) is 24.0 Å². The van der Waals surface area contributed by atoms with Crippen LogP contribution in [0.5, 0.6) is 0 Å². The van der Waals surface area contributed by atoms with Crippen LogP contribution in [-0.2, 0) is 6.42 Å². The molecule has 1 amide bonds. The average molecular weight is 310 g/mol. The molecule has 23 heavy (non-hydrogen) atoms. The zero-order valence-corrected chi connectivity index (χ0v) is 13.4. The molecule has 2 heterocycles. The molecule has 1 fully saturated rings. The van der Waals surface area contributed by atoms with Gasteiger partial charge in [-0.3, -0.25) is 9.78 Å². The number of hydrogen-bond acceptors (Lipinski definition) is 3. The van der Waals surface area contributed by atoms with Crippen molar-refractivity contribution in [2.24, 2.45) is 0 Å². The van der Waals surface area contributed by atoms with E-state index in [0.29, 0.717) is 18.5 Å². The second-order valence-electron chi connectivity index (χ2n) is 6.15. The van der Waals surface area contributed by atoms with Crippen molar-refractivity contribution in [3.05, 3.63) is 65.5 Å². The molecular formula is C19H22N2O2. The molecule has 120 valence electrons. The summed E-state index contributed by atoms with van der Waals surface area (Å²) in [5, 5.41) is 10.4. The molecule has 4 heteroatoms. The first-order valence-corrected chi connectivity index (χ1v) is 8.11. The lowest BCUT2D eigenvalue weighted by molar-refractivity contribution is 0.0118. The van der Waals surface area contributed by atoms with Gasteiger partial charge in [0.2, 0.25) is 0 Å². The second-order valence-corrected chi connectivity index (χ2v) is 6.15. The van der Waals surface area contributed by atoms with Gasteiger partial charge in [0.25, 0.3) is 5.91 Å². The van der Waals surface area contributed by atoms with Gasteiger partial charge in [-0.05, 0) is 43.9 Å². The molecule has 0 bridgehead atoms. The first-order valence-electron chi connectivity index (χ1n) is 8.11. The molecule has 2 atom stereocenters. The van der Waals surface area contributed by atoms with E-state index in [-0.39, 0.29) is 11.9 Å². The lowest BCUT2D eigenvalue weighted by Crippen LogP contribution is -2.52. The number of aryl methyl sites for hydroxylation is 1. The van der Waals surface area contributed by atoms with Gasteiger partial charge < -0.3 is 10.0 Å². The van der Waals surface area contributed by atoms with Crippen LogP contribution in [0.2, 0.25) is 0 Å². The van der Waals surface area contributed by atoms with Crippen LogP contribution >= 0.6 is 0 Å². The third kappa shape index (κ3) is 3.59. The van der Waals surface area contributed by atoms with Gasteiger partial charge in [-0.15, -0.1) is 0 Å². The summed E-state index contributed by atoms with van der Waals surface area (Å²) in [6.07, 6.45) is 3.45. The van der Waals surface area contributed by atoms with Crippen LogP contribution in [0.3, 0.4) is 0 Å². The van der Waals surface area contributed by atoms with E-state index in [9.17, 15) is 9.90 Å². The number of rotatable bonds is 3. The molecule has 3 rings (SSSR count). The summed E-state index contributed by atoms with van der Waals surface area (Å²) < 4.78 is 0. The molecule has 1 N–H and O–H groups in total. The Balaban J connectivity index is 1.84. The largest absolute Gasteiger partial charge is 0.391 e. The Kier molecular flexibility index (Phi) is 4.72. The van der Waals surface area contributed by atoms with Crippen molar-refractivity contribution in [2.75, 3.05) is 6.54 Å². The molecule has 0 saturated carbocycles. The number of likely N-dealkylation sites (tertiary alicyclic amines) is 1. The number of aromatic nitrogens is 1. The van der Waals surface area contributed by atoms with Crippen molar-refractivity contribution in [1.82, 2.24) is 9.88 Å². The molecule has 2 aromatic rings. The molecule has 1 aromatic heterocycles. The number of benzene rings is 1. The first kappa shape index (κ1) is 15.7. The third-order valence-corrected chi connectivity index (χ3v) is 4.44. The lowest BCUT2D eigenvalue weighted by Gasteiger charge is -2.39. The number of carbonyl (C=O) groups is 1. The Bertz CT molecular complexity index is 672. The number of pyridine rings is 1. The van der Waals surface area contributed by atoms with Crippen LogP contribution in [0.25, 0.3) is 0 Å². The van der Waals surface area contributed by atoms with Gasteiger partial charge in [0.05, 0.1) is 12.1 Å². The highest BCUT2D eigenvalue weighted by Crippen LogP contribution is 2.23. The highest BCUT2D eigenvalue weighted by Gasteiger charge is 2.33. The Morgan fingerprint density at radius 1 is 1.30 bits per heavy atom. The van der Waals surface area contributed by atoms with E-state index >= 15 is 0 Å². The van der Waals surface area contributed by atoms with Gasteiger partial charge >= 0.3 is 0 Å². The van der Waals surface area contributed by atoms with Crippen LogP contribution in [-0.4, -0.2) is 39.6 Å². The topological polar surface area (TPSA) is 53.4 Å². The fraction of sp³-hybridized carbons (Fsp3) is 0.368. The number of amides is 1. The molecule has 4 nitrogen and oxygen atoms in total. The van der Waals surface area contributed by atoms with Crippen LogP contribution in [0.4, 0.5) is 0 Å². The second kappa shape index (κ2) is 6.92. The van der Waals surface area contributed by atoms with E-state index in [1.807, 2.05) is 48.2 Å². The predicted molar refractivity (Wildman–Crippen MR) is 89.2 cm³/mol. The van der Waals surface area contributed by atoms with Crippen LogP contribution in [0.1, 0.15) is 34.5 Å². The van der Waals surface area contributed by atoms with E-state index in [4.69, 9.17) is 0 Å². The maximum absolute atomic E-state index is 12.9. The van der Waals surface area contributed by atoms with Crippen molar-refractivity contribution in [3.8, 4) is 0 Å². The van der Waals surface area contributed by atoms with Crippen molar-refractivity contribution in [1.29, 1.82) is 0 Å². The van der Waals surface area contributed by atoms with E-state index in [2.05, 4.69) is 4.98 Å². The molecule has 1 aliphatic heterocycles. The van der Waals surface area contributed by atoms with Crippen molar-refractivity contribution >= 4 is 5.91 Å². The highest BCUT2D eigenvalue weighted by molar-refractivity contribution is 5.94. The monoisotopic (exact) mass is 310 g/mol. The maximum atomic E-state index is 12.9. The normalized spacial score (nSPS) is 21.2. The summed E-state index contributed by atoms with van der Waals surface area (Å²) in [5.41, 5.74) is 2.61. The van der Waals surface area contributed by atoms with Crippen molar-refractivity contribution in [2.45, 2.75) is 38.3 Å². The molecule has 0 unspecified atom stereocenters. The Morgan fingerprint density at radius 3 is 2.83 bits per heavy atom. The number of carbonyl (C=O) groups excluding carboxylic acids is 1. The van der Waals surface area contributed by atoms with Crippen molar-refractivity contribution < 1.29 is 9.90 Å².